The first-order chi connectivity index (χ1) is 8.24. The Kier molecular flexibility index (Phi) is 7.82. The molecular weight excluding hydrogens is 212 g/mol. The minimum atomic E-state index is 0.532. The largest absolute Gasteiger partial charge is 0.377 e. The van der Waals surface area contributed by atoms with Crippen molar-refractivity contribution >= 4 is 0 Å². The molecule has 1 aliphatic rings. The molecule has 0 aromatic rings. The van der Waals surface area contributed by atoms with Crippen LogP contribution in [0.4, 0.5) is 0 Å². The van der Waals surface area contributed by atoms with Gasteiger partial charge in [0.15, 0.2) is 0 Å². The summed E-state index contributed by atoms with van der Waals surface area (Å²) in [5, 5.41) is 3.42. The zero-order valence-electron chi connectivity index (χ0n) is 11.9. The van der Waals surface area contributed by atoms with Crippen LogP contribution in [-0.4, -0.2) is 51.3 Å². The number of hydrogen-bond acceptors (Lipinski definition) is 3. The first-order valence-electron chi connectivity index (χ1n) is 7.21. The van der Waals surface area contributed by atoms with E-state index in [1.165, 1.54) is 32.1 Å². The Balaban J connectivity index is 2.01. The highest BCUT2D eigenvalue weighted by Gasteiger charge is 2.23. The minimum Gasteiger partial charge on any atom is -0.377 e. The maximum atomic E-state index is 6.02. The maximum Gasteiger partial charge on any atom is 0.0603 e. The highest BCUT2D eigenvalue weighted by molar-refractivity contribution is 4.74. The van der Waals surface area contributed by atoms with Gasteiger partial charge in [0, 0.05) is 19.6 Å². The summed E-state index contributed by atoms with van der Waals surface area (Å²) in [7, 11) is 4.21. The summed E-state index contributed by atoms with van der Waals surface area (Å²) < 4.78 is 6.02. The van der Waals surface area contributed by atoms with E-state index in [9.17, 15) is 0 Å². The lowest BCUT2D eigenvalue weighted by molar-refractivity contribution is -0.0102. The molecule has 0 spiro atoms. The Bertz CT molecular complexity index is 185. The molecule has 0 aromatic heterocycles. The fraction of sp³-hybridized carbons (Fsp3) is 1.00. The second-order valence-electron chi connectivity index (χ2n) is 5.42. The molecule has 17 heavy (non-hydrogen) atoms. The maximum absolute atomic E-state index is 6.02. The van der Waals surface area contributed by atoms with E-state index in [4.69, 9.17) is 4.74 Å². The van der Waals surface area contributed by atoms with E-state index >= 15 is 0 Å². The lowest BCUT2D eigenvalue weighted by Crippen LogP contribution is -2.32. The Morgan fingerprint density at radius 2 is 1.94 bits per heavy atom. The molecule has 0 amide bonds. The van der Waals surface area contributed by atoms with Crippen LogP contribution in [-0.2, 0) is 4.74 Å². The molecule has 0 bridgehead atoms. The van der Waals surface area contributed by atoms with Crippen LogP contribution >= 0.6 is 0 Å². The van der Waals surface area contributed by atoms with Crippen molar-refractivity contribution in [3.8, 4) is 0 Å². The van der Waals surface area contributed by atoms with E-state index in [1.54, 1.807) is 0 Å². The molecule has 3 heteroatoms. The van der Waals surface area contributed by atoms with Crippen LogP contribution in [0.15, 0.2) is 0 Å². The molecule has 1 N–H and O–H groups in total. The van der Waals surface area contributed by atoms with E-state index in [-0.39, 0.29) is 0 Å². The summed E-state index contributed by atoms with van der Waals surface area (Å²) in [6.07, 6.45) is 7.21. The standard InChI is InChI=1S/C14H30N2O/c1-4-13-7-5-6-8-14(13)17-12-10-15-9-11-16(2)3/h13-15H,4-12H2,1-3H3. The van der Waals surface area contributed by atoms with Gasteiger partial charge in [-0.1, -0.05) is 26.2 Å². The molecular formula is C14H30N2O. The minimum absolute atomic E-state index is 0.532. The van der Waals surface area contributed by atoms with Crippen LogP contribution in [0.3, 0.4) is 0 Å². The van der Waals surface area contributed by atoms with Gasteiger partial charge in [-0.3, -0.25) is 0 Å². The van der Waals surface area contributed by atoms with Crippen molar-refractivity contribution in [2.45, 2.75) is 45.1 Å². The third-order valence-electron chi connectivity index (χ3n) is 3.71. The monoisotopic (exact) mass is 242 g/mol. The third-order valence-corrected chi connectivity index (χ3v) is 3.71. The molecule has 1 fully saturated rings. The zero-order valence-corrected chi connectivity index (χ0v) is 11.9. The predicted molar refractivity (Wildman–Crippen MR) is 73.4 cm³/mol. The molecule has 0 aliphatic heterocycles. The van der Waals surface area contributed by atoms with Crippen LogP contribution < -0.4 is 5.32 Å². The van der Waals surface area contributed by atoms with Gasteiger partial charge in [-0.25, -0.2) is 0 Å². The Labute approximate surface area is 107 Å². The van der Waals surface area contributed by atoms with Gasteiger partial charge in [0.1, 0.15) is 0 Å². The molecule has 3 nitrogen and oxygen atoms in total. The zero-order chi connectivity index (χ0) is 12.5. The number of nitrogens with one attached hydrogen (secondary N) is 1. The van der Waals surface area contributed by atoms with Gasteiger partial charge in [-0.05, 0) is 32.9 Å². The van der Waals surface area contributed by atoms with Crippen LogP contribution in [0, 0.1) is 5.92 Å². The first-order valence-corrected chi connectivity index (χ1v) is 7.21. The summed E-state index contributed by atoms with van der Waals surface area (Å²) in [5.41, 5.74) is 0. The second kappa shape index (κ2) is 8.90. The normalized spacial score (nSPS) is 25.4. The van der Waals surface area contributed by atoms with Crippen molar-refractivity contribution in [1.82, 2.24) is 10.2 Å². The van der Waals surface area contributed by atoms with Gasteiger partial charge < -0.3 is 15.0 Å². The number of hydrogen-bond donors (Lipinski definition) is 1. The quantitative estimate of drug-likeness (QED) is 0.660. The highest BCUT2D eigenvalue weighted by atomic mass is 16.5. The molecule has 0 aromatic carbocycles. The summed E-state index contributed by atoms with van der Waals surface area (Å²) in [6.45, 7) is 6.30. The van der Waals surface area contributed by atoms with Gasteiger partial charge in [-0.15, -0.1) is 0 Å². The average molecular weight is 242 g/mol. The SMILES string of the molecule is CCC1CCCCC1OCCNCCN(C)C. The molecule has 0 radical (unpaired) electrons. The van der Waals surface area contributed by atoms with Crippen molar-refractivity contribution in [2.75, 3.05) is 40.3 Å². The molecule has 2 atom stereocenters. The summed E-state index contributed by atoms with van der Waals surface area (Å²) in [5.74, 6) is 0.811. The fourth-order valence-electron chi connectivity index (χ4n) is 2.57. The van der Waals surface area contributed by atoms with Gasteiger partial charge in [-0.2, -0.15) is 0 Å². The van der Waals surface area contributed by atoms with Crippen molar-refractivity contribution < 1.29 is 4.74 Å². The van der Waals surface area contributed by atoms with Crippen LogP contribution in [0.25, 0.3) is 0 Å². The first kappa shape index (κ1) is 14.9. The van der Waals surface area contributed by atoms with E-state index in [0.29, 0.717) is 6.10 Å². The predicted octanol–water partition coefficient (Wildman–Crippen LogP) is 2.12. The van der Waals surface area contributed by atoms with Crippen LogP contribution in [0.2, 0.25) is 0 Å². The average Bonchev–Trinajstić information content (AvgIpc) is 2.33. The number of rotatable bonds is 8. The molecule has 1 saturated carbocycles. The molecule has 1 aliphatic carbocycles. The Hall–Kier alpha value is -0.120. The van der Waals surface area contributed by atoms with Crippen LogP contribution in [0.1, 0.15) is 39.0 Å². The van der Waals surface area contributed by atoms with E-state index < -0.39 is 0 Å². The van der Waals surface area contributed by atoms with Gasteiger partial charge in [0.25, 0.3) is 0 Å². The number of ether oxygens (including phenoxy) is 1. The highest BCUT2D eigenvalue weighted by Crippen LogP contribution is 2.28. The third kappa shape index (κ3) is 6.39. The van der Waals surface area contributed by atoms with Gasteiger partial charge in [0.05, 0.1) is 12.7 Å². The Morgan fingerprint density at radius 1 is 1.18 bits per heavy atom. The lowest BCUT2D eigenvalue weighted by atomic mass is 9.85. The van der Waals surface area contributed by atoms with Crippen molar-refractivity contribution in [1.29, 1.82) is 0 Å². The van der Waals surface area contributed by atoms with E-state index in [0.717, 1.165) is 32.2 Å². The molecule has 2 unspecified atom stereocenters. The number of likely N-dealkylation sites (N-methyl/N-ethyl adjacent to an activating group) is 1. The smallest absolute Gasteiger partial charge is 0.0603 e. The van der Waals surface area contributed by atoms with Gasteiger partial charge >= 0.3 is 0 Å². The van der Waals surface area contributed by atoms with Crippen molar-refractivity contribution in [3.05, 3.63) is 0 Å². The second-order valence-corrected chi connectivity index (χ2v) is 5.42. The van der Waals surface area contributed by atoms with Gasteiger partial charge in [0.2, 0.25) is 0 Å². The topological polar surface area (TPSA) is 24.5 Å². The van der Waals surface area contributed by atoms with Crippen molar-refractivity contribution in [3.63, 3.8) is 0 Å². The van der Waals surface area contributed by atoms with Crippen molar-refractivity contribution in [2.24, 2.45) is 5.92 Å². The van der Waals surface area contributed by atoms with E-state index in [1.807, 2.05) is 0 Å². The van der Waals surface area contributed by atoms with E-state index in [2.05, 4.69) is 31.2 Å². The molecule has 0 heterocycles. The molecule has 0 saturated heterocycles. The number of nitrogens with zero attached hydrogens (tertiary/aromatic N) is 1. The lowest BCUT2D eigenvalue weighted by Gasteiger charge is -2.30. The van der Waals surface area contributed by atoms with Crippen LogP contribution in [0.5, 0.6) is 0 Å². The molecule has 1 rings (SSSR count). The molecule has 102 valence electrons. The summed E-state index contributed by atoms with van der Waals surface area (Å²) >= 11 is 0. The fourth-order valence-corrected chi connectivity index (χ4v) is 2.57. The Morgan fingerprint density at radius 3 is 2.65 bits per heavy atom. The summed E-state index contributed by atoms with van der Waals surface area (Å²) in [4.78, 5) is 2.20. The summed E-state index contributed by atoms with van der Waals surface area (Å²) in [6, 6.07) is 0.